The van der Waals surface area contributed by atoms with E-state index in [1.54, 1.807) is 11.8 Å². The van der Waals surface area contributed by atoms with E-state index in [0.29, 0.717) is 0 Å². The molecule has 0 unspecified atom stereocenters. The van der Waals surface area contributed by atoms with Crippen molar-refractivity contribution in [1.29, 1.82) is 0 Å². The summed E-state index contributed by atoms with van der Waals surface area (Å²) in [5.41, 5.74) is 2.09. The molecule has 0 radical (unpaired) electrons. The predicted octanol–water partition coefficient (Wildman–Crippen LogP) is 2.34. The predicted molar refractivity (Wildman–Crippen MR) is 89.9 cm³/mol. The highest BCUT2D eigenvalue weighted by atomic mass is 32.2. The van der Waals surface area contributed by atoms with E-state index in [9.17, 15) is 8.42 Å². The van der Waals surface area contributed by atoms with Gasteiger partial charge in [0.25, 0.3) is 0 Å². The van der Waals surface area contributed by atoms with Gasteiger partial charge in [-0.3, -0.25) is 4.99 Å². The Balaban J connectivity index is 1.92. The molecule has 2 aliphatic rings. The summed E-state index contributed by atoms with van der Waals surface area (Å²) >= 11 is 1.63. The van der Waals surface area contributed by atoms with Crippen LogP contribution in [0, 0.1) is 0 Å². The average Bonchev–Trinajstić information content (AvgIpc) is 2.88. The summed E-state index contributed by atoms with van der Waals surface area (Å²) in [6.07, 6.45) is 0. The number of nitrogens with zero attached hydrogens (tertiary/aromatic N) is 2. The molecule has 1 saturated heterocycles. The summed E-state index contributed by atoms with van der Waals surface area (Å²) in [5, 5.41) is 0.911. The summed E-state index contributed by atoms with van der Waals surface area (Å²) in [4.78, 5) is 6.75. The van der Waals surface area contributed by atoms with E-state index in [-0.39, 0.29) is 23.6 Å². The molecule has 1 aromatic rings. The van der Waals surface area contributed by atoms with Crippen molar-refractivity contribution in [3.63, 3.8) is 0 Å². The van der Waals surface area contributed by atoms with E-state index >= 15 is 0 Å². The first-order valence-electron chi connectivity index (χ1n) is 6.86. The van der Waals surface area contributed by atoms with Crippen LogP contribution in [0.15, 0.2) is 47.5 Å². The molecule has 3 rings (SSSR count). The molecule has 0 bridgehead atoms. The monoisotopic (exact) mass is 322 g/mol. The lowest BCUT2D eigenvalue weighted by Crippen LogP contribution is -2.39. The van der Waals surface area contributed by atoms with Crippen molar-refractivity contribution in [3.8, 4) is 0 Å². The summed E-state index contributed by atoms with van der Waals surface area (Å²) in [6, 6.07) is 9.70. The number of fused-ring (bicyclic) bond motifs is 1. The van der Waals surface area contributed by atoms with Gasteiger partial charge in [0.1, 0.15) is 0 Å². The van der Waals surface area contributed by atoms with Crippen LogP contribution in [-0.4, -0.2) is 42.9 Å². The topological polar surface area (TPSA) is 49.7 Å². The van der Waals surface area contributed by atoms with Crippen molar-refractivity contribution in [1.82, 2.24) is 0 Å². The quantitative estimate of drug-likeness (QED) is 0.802. The van der Waals surface area contributed by atoms with Crippen molar-refractivity contribution in [2.75, 3.05) is 22.2 Å². The molecule has 6 heteroatoms. The minimum absolute atomic E-state index is 0.0648. The minimum atomic E-state index is -2.98. The molecule has 2 atom stereocenters. The molecule has 4 nitrogen and oxygen atoms in total. The van der Waals surface area contributed by atoms with Crippen LogP contribution < -0.4 is 4.90 Å². The van der Waals surface area contributed by atoms with Crippen molar-refractivity contribution in [2.24, 2.45) is 4.99 Å². The summed E-state index contributed by atoms with van der Waals surface area (Å²) < 4.78 is 23.8. The second kappa shape index (κ2) is 5.50. The third-order valence-corrected chi connectivity index (χ3v) is 6.49. The van der Waals surface area contributed by atoms with Gasteiger partial charge < -0.3 is 4.90 Å². The second-order valence-electron chi connectivity index (χ2n) is 5.57. The molecule has 0 N–H and O–H groups in total. The molecule has 2 heterocycles. The van der Waals surface area contributed by atoms with Gasteiger partial charge in [0.2, 0.25) is 0 Å². The zero-order valence-corrected chi connectivity index (χ0v) is 13.5. The Kier molecular flexibility index (Phi) is 3.84. The number of aliphatic imine (C=N–C) groups is 1. The van der Waals surface area contributed by atoms with Gasteiger partial charge in [-0.15, -0.1) is 0 Å². The van der Waals surface area contributed by atoms with Gasteiger partial charge in [-0.25, -0.2) is 8.42 Å². The average molecular weight is 322 g/mol. The summed E-state index contributed by atoms with van der Waals surface area (Å²) in [6.45, 7) is 5.91. The van der Waals surface area contributed by atoms with Gasteiger partial charge in [-0.1, -0.05) is 42.1 Å². The van der Waals surface area contributed by atoms with Crippen LogP contribution in [0.4, 0.5) is 5.69 Å². The highest BCUT2D eigenvalue weighted by molar-refractivity contribution is 8.14. The van der Waals surface area contributed by atoms with Crippen LogP contribution in [0.1, 0.15) is 6.92 Å². The Morgan fingerprint density at radius 1 is 1.38 bits per heavy atom. The highest BCUT2D eigenvalue weighted by Crippen LogP contribution is 2.35. The number of amidine groups is 1. The van der Waals surface area contributed by atoms with Crippen LogP contribution >= 0.6 is 11.8 Å². The lowest BCUT2D eigenvalue weighted by atomic mass is 10.1. The van der Waals surface area contributed by atoms with Crippen LogP contribution in [-0.2, 0) is 9.84 Å². The summed E-state index contributed by atoms with van der Waals surface area (Å²) in [7, 11) is -2.98. The highest BCUT2D eigenvalue weighted by Gasteiger charge is 2.46. The lowest BCUT2D eigenvalue weighted by Gasteiger charge is -2.26. The van der Waals surface area contributed by atoms with E-state index in [1.165, 1.54) is 0 Å². The van der Waals surface area contributed by atoms with Gasteiger partial charge in [0.15, 0.2) is 15.0 Å². The normalized spacial score (nSPS) is 26.5. The fraction of sp³-hybridized carbons (Fsp3) is 0.400. The van der Waals surface area contributed by atoms with Crippen LogP contribution in [0.25, 0.3) is 0 Å². The number of hydrogen-bond donors (Lipinski definition) is 0. The Bertz CT molecular complexity index is 683. The summed E-state index contributed by atoms with van der Waals surface area (Å²) in [5.74, 6) is 1.15. The number of rotatable bonds is 3. The van der Waals surface area contributed by atoms with Gasteiger partial charge in [0.05, 0.1) is 23.6 Å². The van der Waals surface area contributed by atoms with Crippen molar-refractivity contribution in [3.05, 3.63) is 42.5 Å². The lowest BCUT2D eigenvalue weighted by molar-refractivity contribution is 0.601. The van der Waals surface area contributed by atoms with Gasteiger partial charge in [0, 0.05) is 11.4 Å². The van der Waals surface area contributed by atoms with Crippen molar-refractivity contribution < 1.29 is 8.42 Å². The number of para-hydroxylation sites is 1. The van der Waals surface area contributed by atoms with E-state index in [0.717, 1.165) is 22.2 Å². The van der Waals surface area contributed by atoms with Crippen molar-refractivity contribution >= 4 is 32.5 Å². The maximum atomic E-state index is 11.9. The first-order chi connectivity index (χ1) is 9.96. The fourth-order valence-electron chi connectivity index (χ4n) is 2.71. The Hall–Kier alpha value is -1.27. The molecule has 0 spiro atoms. The van der Waals surface area contributed by atoms with Gasteiger partial charge in [-0.05, 0) is 19.1 Å². The number of thioether (sulfide) groups is 1. The molecular weight excluding hydrogens is 304 g/mol. The molecule has 0 amide bonds. The third-order valence-electron chi connectivity index (χ3n) is 3.59. The molecule has 112 valence electrons. The number of benzene rings is 1. The minimum Gasteiger partial charge on any atom is -0.315 e. The zero-order valence-electron chi connectivity index (χ0n) is 11.9. The molecule has 0 aliphatic carbocycles. The first kappa shape index (κ1) is 14.7. The molecule has 0 saturated carbocycles. The molecule has 1 aromatic carbocycles. The Labute approximate surface area is 129 Å². The first-order valence-corrected chi connectivity index (χ1v) is 9.67. The molecule has 0 aromatic heterocycles. The van der Waals surface area contributed by atoms with Gasteiger partial charge in [-0.2, -0.15) is 0 Å². The Morgan fingerprint density at radius 2 is 2.10 bits per heavy atom. The molecule has 21 heavy (non-hydrogen) atoms. The number of sulfone groups is 1. The largest absolute Gasteiger partial charge is 0.315 e. The van der Waals surface area contributed by atoms with E-state index < -0.39 is 9.84 Å². The maximum Gasteiger partial charge on any atom is 0.164 e. The van der Waals surface area contributed by atoms with Crippen LogP contribution in [0.2, 0.25) is 0 Å². The SMILES string of the molecule is C=C(C)CSC1=N[C@@H]2CS(=O)(=O)C[C@@H]2N1c1ccccc1. The maximum absolute atomic E-state index is 11.9. The zero-order chi connectivity index (χ0) is 15.0. The molecule has 2 aliphatic heterocycles. The van der Waals surface area contributed by atoms with E-state index in [4.69, 9.17) is 0 Å². The third kappa shape index (κ3) is 3.01. The standard InChI is InChI=1S/C15H18N2O2S2/c1-11(2)8-20-15-16-13-9-21(18,19)10-14(13)17(15)12-6-4-3-5-7-12/h3-7,13-14H,1,8-10H2,2H3/t13-,14+/m1/s1. The van der Waals surface area contributed by atoms with E-state index in [1.807, 2.05) is 37.3 Å². The number of anilines is 1. The number of hydrogen-bond acceptors (Lipinski definition) is 5. The van der Waals surface area contributed by atoms with E-state index in [2.05, 4.69) is 16.5 Å². The second-order valence-corrected chi connectivity index (χ2v) is 8.67. The fourth-order valence-corrected chi connectivity index (χ4v) is 5.52. The smallest absolute Gasteiger partial charge is 0.164 e. The van der Waals surface area contributed by atoms with Crippen LogP contribution in [0.3, 0.4) is 0 Å². The molecule has 1 fully saturated rings. The van der Waals surface area contributed by atoms with Crippen molar-refractivity contribution in [2.45, 2.75) is 19.0 Å². The Morgan fingerprint density at radius 3 is 2.76 bits per heavy atom. The van der Waals surface area contributed by atoms with Gasteiger partial charge >= 0.3 is 0 Å². The van der Waals surface area contributed by atoms with Crippen LogP contribution in [0.5, 0.6) is 0 Å². The molecular formula is C15H18N2O2S2.